The SMILES string of the molecule is COC(=O)c1ccc([N+](=O)[O-])cc1C=Nc1cccnc1. The Balaban J connectivity index is 2.43. The fourth-order valence-electron chi connectivity index (χ4n) is 1.64. The first-order valence-corrected chi connectivity index (χ1v) is 5.92. The van der Waals surface area contributed by atoms with E-state index in [-0.39, 0.29) is 11.3 Å². The number of benzene rings is 1. The number of pyridine rings is 1. The normalized spacial score (nSPS) is 10.5. The second kappa shape index (κ2) is 6.38. The average Bonchev–Trinajstić information content (AvgIpc) is 2.52. The third-order valence-corrected chi connectivity index (χ3v) is 2.65. The van der Waals surface area contributed by atoms with Crippen molar-refractivity contribution in [2.75, 3.05) is 7.11 Å². The van der Waals surface area contributed by atoms with E-state index in [9.17, 15) is 14.9 Å². The molecule has 7 heteroatoms. The number of carbonyl (C=O) groups excluding carboxylic acids is 1. The molecule has 2 rings (SSSR count). The van der Waals surface area contributed by atoms with Crippen molar-refractivity contribution in [2.45, 2.75) is 0 Å². The topological polar surface area (TPSA) is 94.7 Å². The molecule has 0 bridgehead atoms. The molecule has 0 saturated heterocycles. The van der Waals surface area contributed by atoms with Gasteiger partial charge in [0, 0.05) is 30.1 Å². The molecule has 21 heavy (non-hydrogen) atoms. The van der Waals surface area contributed by atoms with Gasteiger partial charge in [0.15, 0.2) is 0 Å². The predicted octanol–water partition coefficient (Wildman–Crippen LogP) is 2.53. The molecule has 1 heterocycles. The molecule has 0 amide bonds. The number of ether oxygens (including phenoxy) is 1. The van der Waals surface area contributed by atoms with Crippen molar-refractivity contribution in [1.29, 1.82) is 0 Å². The summed E-state index contributed by atoms with van der Waals surface area (Å²) in [5, 5.41) is 10.8. The van der Waals surface area contributed by atoms with Crippen LogP contribution in [0.1, 0.15) is 15.9 Å². The van der Waals surface area contributed by atoms with Crippen LogP contribution in [0.15, 0.2) is 47.7 Å². The summed E-state index contributed by atoms with van der Waals surface area (Å²) in [4.78, 5) is 30.0. The standard InChI is InChI=1S/C14H11N3O4/c1-21-14(18)13-5-4-12(17(19)20)7-10(13)8-16-11-3-2-6-15-9-11/h2-9H,1H3. The minimum Gasteiger partial charge on any atom is -0.465 e. The lowest BCUT2D eigenvalue weighted by Crippen LogP contribution is -2.06. The highest BCUT2D eigenvalue weighted by molar-refractivity contribution is 6.00. The lowest BCUT2D eigenvalue weighted by Gasteiger charge is -2.03. The Bertz CT molecular complexity index is 699. The number of nitro groups is 1. The first kappa shape index (κ1) is 14.3. The van der Waals surface area contributed by atoms with Gasteiger partial charge in [-0.3, -0.25) is 20.1 Å². The van der Waals surface area contributed by atoms with Gasteiger partial charge in [-0.1, -0.05) is 0 Å². The van der Waals surface area contributed by atoms with Gasteiger partial charge in [-0.05, 0) is 18.2 Å². The Labute approximate surface area is 120 Å². The number of rotatable bonds is 4. The van der Waals surface area contributed by atoms with Crippen LogP contribution in [0, 0.1) is 10.1 Å². The fourth-order valence-corrected chi connectivity index (χ4v) is 1.64. The Kier molecular flexibility index (Phi) is 4.35. The van der Waals surface area contributed by atoms with Crippen LogP contribution in [0.3, 0.4) is 0 Å². The van der Waals surface area contributed by atoms with Crippen LogP contribution in [0.4, 0.5) is 11.4 Å². The molecule has 0 aliphatic heterocycles. The summed E-state index contributed by atoms with van der Waals surface area (Å²) in [6, 6.07) is 7.29. The Morgan fingerprint density at radius 3 is 2.86 bits per heavy atom. The van der Waals surface area contributed by atoms with Gasteiger partial charge in [0.2, 0.25) is 0 Å². The molecule has 0 unspecified atom stereocenters. The summed E-state index contributed by atoms with van der Waals surface area (Å²) < 4.78 is 4.65. The third kappa shape index (κ3) is 3.47. The minimum absolute atomic E-state index is 0.129. The summed E-state index contributed by atoms with van der Waals surface area (Å²) >= 11 is 0. The maximum atomic E-state index is 11.7. The van der Waals surface area contributed by atoms with Gasteiger partial charge in [-0.2, -0.15) is 0 Å². The van der Waals surface area contributed by atoms with Gasteiger partial charge < -0.3 is 4.74 Å². The molecule has 1 aromatic carbocycles. The zero-order valence-electron chi connectivity index (χ0n) is 11.1. The second-order valence-electron chi connectivity index (χ2n) is 3.99. The highest BCUT2D eigenvalue weighted by Gasteiger charge is 2.15. The zero-order valence-corrected chi connectivity index (χ0v) is 11.1. The number of hydrogen-bond donors (Lipinski definition) is 0. The summed E-state index contributed by atoms with van der Waals surface area (Å²) in [5.41, 5.74) is 0.950. The molecule has 7 nitrogen and oxygen atoms in total. The summed E-state index contributed by atoms with van der Waals surface area (Å²) in [5.74, 6) is -0.586. The zero-order chi connectivity index (χ0) is 15.2. The van der Waals surface area contributed by atoms with Crippen molar-refractivity contribution in [2.24, 2.45) is 4.99 Å². The van der Waals surface area contributed by atoms with Crippen LogP contribution in [-0.2, 0) is 4.74 Å². The smallest absolute Gasteiger partial charge is 0.338 e. The maximum absolute atomic E-state index is 11.7. The Morgan fingerprint density at radius 1 is 1.43 bits per heavy atom. The van der Waals surface area contributed by atoms with Crippen molar-refractivity contribution in [3.63, 3.8) is 0 Å². The van der Waals surface area contributed by atoms with Crippen molar-refractivity contribution in [3.8, 4) is 0 Å². The van der Waals surface area contributed by atoms with Crippen molar-refractivity contribution >= 4 is 23.6 Å². The summed E-state index contributed by atoms with van der Waals surface area (Å²) in [6.07, 6.45) is 4.51. The second-order valence-corrected chi connectivity index (χ2v) is 3.99. The number of aliphatic imine (C=N–C) groups is 1. The fraction of sp³-hybridized carbons (Fsp3) is 0.0714. The number of aromatic nitrogens is 1. The molecule has 106 valence electrons. The van der Waals surface area contributed by atoms with Gasteiger partial charge in [0.25, 0.3) is 5.69 Å². The molecule has 0 aliphatic carbocycles. The molecule has 0 spiro atoms. The molecule has 0 fully saturated rings. The molecule has 0 N–H and O–H groups in total. The first-order chi connectivity index (χ1) is 10.1. The predicted molar refractivity (Wildman–Crippen MR) is 75.9 cm³/mol. The molecular formula is C14H11N3O4. The van der Waals surface area contributed by atoms with E-state index in [2.05, 4.69) is 14.7 Å². The van der Waals surface area contributed by atoms with Crippen LogP contribution in [0.5, 0.6) is 0 Å². The quantitative estimate of drug-likeness (QED) is 0.372. The van der Waals surface area contributed by atoms with Crippen LogP contribution >= 0.6 is 0 Å². The molecule has 0 saturated carbocycles. The van der Waals surface area contributed by atoms with E-state index in [1.165, 1.54) is 37.7 Å². The highest BCUT2D eigenvalue weighted by Crippen LogP contribution is 2.18. The van der Waals surface area contributed by atoms with E-state index in [4.69, 9.17) is 0 Å². The average molecular weight is 285 g/mol. The van der Waals surface area contributed by atoms with E-state index >= 15 is 0 Å². The van der Waals surface area contributed by atoms with E-state index in [1.807, 2.05) is 0 Å². The van der Waals surface area contributed by atoms with Gasteiger partial charge in [0.05, 0.1) is 29.5 Å². The Hall–Kier alpha value is -3.09. The van der Waals surface area contributed by atoms with Crippen LogP contribution in [0.2, 0.25) is 0 Å². The first-order valence-electron chi connectivity index (χ1n) is 5.92. The van der Waals surface area contributed by atoms with Crippen molar-refractivity contribution in [1.82, 2.24) is 4.98 Å². The lowest BCUT2D eigenvalue weighted by molar-refractivity contribution is -0.384. The summed E-state index contributed by atoms with van der Waals surface area (Å²) in [6.45, 7) is 0. The number of nitro benzene ring substituents is 1. The van der Waals surface area contributed by atoms with Crippen molar-refractivity contribution in [3.05, 3.63) is 64.0 Å². The van der Waals surface area contributed by atoms with Gasteiger partial charge in [-0.25, -0.2) is 4.79 Å². The molecule has 0 radical (unpaired) electrons. The highest BCUT2D eigenvalue weighted by atomic mass is 16.6. The minimum atomic E-state index is -0.586. The van der Waals surface area contributed by atoms with Crippen LogP contribution < -0.4 is 0 Å². The van der Waals surface area contributed by atoms with Gasteiger partial charge >= 0.3 is 5.97 Å². The maximum Gasteiger partial charge on any atom is 0.338 e. The van der Waals surface area contributed by atoms with E-state index in [0.29, 0.717) is 11.3 Å². The molecule has 0 aliphatic rings. The lowest BCUT2D eigenvalue weighted by atomic mass is 10.1. The monoisotopic (exact) mass is 285 g/mol. The number of methoxy groups -OCH3 is 1. The van der Waals surface area contributed by atoms with Gasteiger partial charge in [0.1, 0.15) is 0 Å². The number of nitrogens with zero attached hydrogens (tertiary/aromatic N) is 3. The van der Waals surface area contributed by atoms with Crippen LogP contribution in [-0.4, -0.2) is 29.2 Å². The molecule has 2 aromatic rings. The number of esters is 1. The van der Waals surface area contributed by atoms with Crippen LogP contribution in [0.25, 0.3) is 0 Å². The molecule has 0 atom stereocenters. The summed E-state index contributed by atoms with van der Waals surface area (Å²) in [7, 11) is 1.24. The Morgan fingerprint density at radius 2 is 2.24 bits per heavy atom. The third-order valence-electron chi connectivity index (χ3n) is 2.65. The van der Waals surface area contributed by atoms with E-state index in [1.54, 1.807) is 18.3 Å². The van der Waals surface area contributed by atoms with Crippen molar-refractivity contribution < 1.29 is 14.5 Å². The van der Waals surface area contributed by atoms with E-state index in [0.717, 1.165) is 0 Å². The number of carbonyl (C=O) groups is 1. The molecule has 1 aromatic heterocycles. The number of hydrogen-bond acceptors (Lipinski definition) is 6. The van der Waals surface area contributed by atoms with Gasteiger partial charge in [-0.15, -0.1) is 0 Å². The largest absolute Gasteiger partial charge is 0.465 e. The van der Waals surface area contributed by atoms with E-state index < -0.39 is 10.9 Å². The number of non-ortho nitro benzene ring substituents is 1. The molecular weight excluding hydrogens is 274 g/mol.